The second-order valence-electron chi connectivity index (χ2n) is 11.0. The predicted molar refractivity (Wildman–Crippen MR) is 151 cm³/mol. The number of allylic oxidation sites excluding steroid dienone is 1. The van der Waals surface area contributed by atoms with Gasteiger partial charge >= 0.3 is 5.97 Å². The molecule has 2 bridgehead atoms. The summed E-state index contributed by atoms with van der Waals surface area (Å²) < 4.78 is 12.2. The highest BCUT2D eigenvalue weighted by Crippen LogP contribution is 2.58. The van der Waals surface area contributed by atoms with E-state index in [9.17, 15) is 24.3 Å². The number of nitrogens with zero attached hydrogens (tertiary/aromatic N) is 2. The molecule has 3 aliphatic heterocycles. The molecule has 3 heterocycles. The number of aliphatic hydroxyl groups is 1. The molecule has 4 rings (SSSR count). The second-order valence-corrected chi connectivity index (χ2v) is 11.0. The van der Waals surface area contributed by atoms with Crippen LogP contribution in [-0.4, -0.2) is 88.7 Å². The SMILES string of the molecule is C=CCCC(=O)NC[C@H](C)OC(=O)[C@@H]1[C@H]2C(=O)N(CCCO)[C@H](C(=O)N(CC=C)Cc3ccccc3)[C@]23CC[C@H]1O3. The fourth-order valence-corrected chi connectivity index (χ4v) is 6.44. The molecule has 3 saturated heterocycles. The average molecular weight is 568 g/mol. The van der Waals surface area contributed by atoms with Crippen LogP contribution >= 0.6 is 0 Å². The second kappa shape index (κ2) is 13.4. The molecule has 3 fully saturated rings. The number of amides is 3. The number of hydrogen-bond donors (Lipinski definition) is 2. The van der Waals surface area contributed by atoms with Gasteiger partial charge in [0.15, 0.2) is 0 Å². The molecule has 6 atom stereocenters. The Morgan fingerprint density at radius 2 is 2.02 bits per heavy atom. The van der Waals surface area contributed by atoms with E-state index in [1.54, 1.807) is 24.0 Å². The number of carbonyl (C=O) groups excluding carboxylic acids is 4. The highest BCUT2D eigenvalue weighted by molar-refractivity contribution is 5.98. The normalized spacial score (nSPS) is 26.8. The topological polar surface area (TPSA) is 125 Å². The van der Waals surface area contributed by atoms with Crippen molar-refractivity contribution < 1.29 is 33.8 Å². The van der Waals surface area contributed by atoms with Crippen molar-refractivity contribution in [2.45, 2.75) is 69.4 Å². The van der Waals surface area contributed by atoms with E-state index in [-0.39, 0.29) is 44.0 Å². The zero-order valence-electron chi connectivity index (χ0n) is 23.7. The van der Waals surface area contributed by atoms with Gasteiger partial charge in [-0.3, -0.25) is 19.2 Å². The summed E-state index contributed by atoms with van der Waals surface area (Å²) in [5, 5.41) is 12.3. The molecular weight excluding hydrogens is 526 g/mol. The number of likely N-dealkylation sites (tertiary alicyclic amines) is 1. The lowest BCUT2D eigenvalue weighted by atomic mass is 9.70. The number of hydrogen-bond acceptors (Lipinski definition) is 7. The van der Waals surface area contributed by atoms with Gasteiger partial charge in [-0.05, 0) is 38.2 Å². The Bertz CT molecular complexity index is 1140. The Kier molecular flexibility index (Phi) is 9.99. The molecule has 0 aromatic heterocycles. The standard InChI is InChI=1S/C31H41N3O7/c1-4-6-13-24(36)32-19-21(3)40-30(39)25-23-14-15-31(41-23)26(25)28(37)34(17-10-18-35)27(31)29(38)33(16-5-2)20-22-11-8-7-9-12-22/h4-5,7-9,11-12,21,23,25-27,35H,1-2,6,10,13-20H2,3H3,(H,32,36)/t21-,23+,25-,26-,27+,31-/m0/s1. The quantitative estimate of drug-likeness (QED) is 0.245. The number of carbonyl (C=O) groups is 4. The maximum atomic E-state index is 14.2. The van der Waals surface area contributed by atoms with E-state index in [0.29, 0.717) is 38.6 Å². The van der Waals surface area contributed by atoms with Crippen LogP contribution in [0.15, 0.2) is 55.6 Å². The first kappa shape index (κ1) is 30.5. The first-order valence-corrected chi connectivity index (χ1v) is 14.4. The van der Waals surface area contributed by atoms with Gasteiger partial charge in [-0.2, -0.15) is 0 Å². The van der Waals surface area contributed by atoms with Crippen molar-refractivity contribution in [3.05, 3.63) is 61.2 Å². The van der Waals surface area contributed by atoms with Crippen LogP contribution in [0.1, 0.15) is 44.6 Å². The van der Waals surface area contributed by atoms with Crippen LogP contribution in [-0.2, 0) is 35.2 Å². The van der Waals surface area contributed by atoms with Crippen LogP contribution in [0.2, 0.25) is 0 Å². The molecule has 0 radical (unpaired) electrons. The lowest BCUT2D eigenvalue weighted by Crippen LogP contribution is -2.56. The number of benzene rings is 1. The van der Waals surface area contributed by atoms with E-state index in [1.807, 2.05) is 30.3 Å². The van der Waals surface area contributed by atoms with Crippen molar-refractivity contribution in [2.24, 2.45) is 11.8 Å². The van der Waals surface area contributed by atoms with Crippen LogP contribution in [0.5, 0.6) is 0 Å². The minimum absolute atomic E-state index is 0.142. The minimum atomic E-state index is -1.16. The van der Waals surface area contributed by atoms with Gasteiger partial charge in [-0.1, -0.05) is 42.5 Å². The van der Waals surface area contributed by atoms with Gasteiger partial charge in [0.2, 0.25) is 17.7 Å². The average Bonchev–Trinajstić information content (AvgIpc) is 3.61. The van der Waals surface area contributed by atoms with Crippen molar-refractivity contribution in [3.63, 3.8) is 0 Å². The number of aliphatic hydroxyl groups excluding tert-OH is 1. The summed E-state index contributed by atoms with van der Waals surface area (Å²) in [5.41, 5.74) is -0.220. The summed E-state index contributed by atoms with van der Waals surface area (Å²) >= 11 is 0. The fourth-order valence-electron chi connectivity index (χ4n) is 6.44. The highest BCUT2D eigenvalue weighted by Gasteiger charge is 2.75. The summed E-state index contributed by atoms with van der Waals surface area (Å²) in [6.07, 6.45) is 4.28. The zero-order chi connectivity index (χ0) is 29.6. The van der Waals surface area contributed by atoms with E-state index in [1.165, 1.54) is 4.90 Å². The molecule has 0 unspecified atom stereocenters. The molecule has 222 valence electrons. The first-order valence-electron chi connectivity index (χ1n) is 14.4. The summed E-state index contributed by atoms with van der Waals surface area (Å²) in [5.74, 6) is -3.05. The molecule has 0 saturated carbocycles. The van der Waals surface area contributed by atoms with E-state index >= 15 is 0 Å². The van der Waals surface area contributed by atoms with Crippen LogP contribution < -0.4 is 5.32 Å². The summed E-state index contributed by atoms with van der Waals surface area (Å²) in [6, 6.07) is 8.64. The highest BCUT2D eigenvalue weighted by atomic mass is 16.6. The van der Waals surface area contributed by atoms with E-state index in [2.05, 4.69) is 18.5 Å². The Labute approximate surface area is 241 Å². The predicted octanol–water partition coefficient (Wildman–Crippen LogP) is 1.97. The number of esters is 1. The van der Waals surface area contributed by atoms with Crippen molar-refractivity contribution in [2.75, 3.05) is 26.2 Å². The molecule has 2 N–H and O–H groups in total. The van der Waals surface area contributed by atoms with Crippen LogP contribution in [0.4, 0.5) is 0 Å². The number of rotatable bonds is 15. The minimum Gasteiger partial charge on any atom is -0.460 e. The monoisotopic (exact) mass is 567 g/mol. The third-order valence-corrected chi connectivity index (χ3v) is 8.22. The van der Waals surface area contributed by atoms with Gasteiger partial charge in [0.05, 0.1) is 24.5 Å². The molecule has 10 nitrogen and oxygen atoms in total. The van der Waals surface area contributed by atoms with Crippen molar-refractivity contribution in [1.29, 1.82) is 0 Å². The third-order valence-electron chi connectivity index (χ3n) is 8.22. The van der Waals surface area contributed by atoms with Crippen LogP contribution in [0.25, 0.3) is 0 Å². The van der Waals surface area contributed by atoms with Gasteiger partial charge in [-0.25, -0.2) is 0 Å². The Morgan fingerprint density at radius 3 is 2.71 bits per heavy atom. The van der Waals surface area contributed by atoms with E-state index in [4.69, 9.17) is 9.47 Å². The van der Waals surface area contributed by atoms with Gasteiger partial charge in [-0.15, -0.1) is 13.2 Å². The molecule has 1 spiro atoms. The molecule has 0 aliphatic carbocycles. The Balaban J connectivity index is 1.55. The van der Waals surface area contributed by atoms with Crippen LogP contribution in [0, 0.1) is 11.8 Å². The number of nitrogens with one attached hydrogen (secondary N) is 1. The van der Waals surface area contributed by atoms with E-state index < -0.39 is 41.7 Å². The molecule has 10 heteroatoms. The first-order chi connectivity index (χ1) is 19.8. The summed E-state index contributed by atoms with van der Waals surface area (Å²) in [4.78, 5) is 56.8. The molecule has 1 aromatic carbocycles. The van der Waals surface area contributed by atoms with Crippen LogP contribution in [0.3, 0.4) is 0 Å². The maximum absolute atomic E-state index is 14.2. The summed E-state index contributed by atoms with van der Waals surface area (Å²) in [6.45, 7) is 9.88. The third kappa shape index (κ3) is 6.23. The van der Waals surface area contributed by atoms with Crippen molar-refractivity contribution in [1.82, 2.24) is 15.1 Å². The number of ether oxygens (including phenoxy) is 2. The van der Waals surface area contributed by atoms with Gasteiger partial charge in [0, 0.05) is 32.7 Å². The molecular formula is C31H41N3O7. The van der Waals surface area contributed by atoms with Crippen molar-refractivity contribution >= 4 is 23.7 Å². The van der Waals surface area contributed by atoms with Gasteiger partial charge in [0.1, 0.15) is 17.7 Å². The molecule has 41 heavy (non-hydrogen) atoms. The summed E-state index contributed by atoms with van der Waals surface area (Å²) in [7, 11) is 0. The van der Waals surface area contributed by atoms with Gasteiger partial charge in [0.25, 0.3) is 0 Å². The van der Waals surface area contributed by atoms with Gasteiger partial charge < -0.3 is 29.7 Å². The van der Waals surface area contributed by atoms with E-state index in [0.717, 1.165) is 5.56 Å². The smallest absolute Gasteiger partial charge is 0.312 e. The lowest BCUT2D eigenvalue weighted by Gasteiger charge is -2.36. The molecule has 1 aromatic rings. The molecule has 3 aliphatic rings. The van der Waals surface area contributed by atoms with Crippen molar-refractivity contribution in [3.8, 4) is 0 Å². The largest absolute Gasteiger partial charge is 0.460 e. The Hall–Kier alpha value is -3.50. The lowest BCUT2D eigenvalue weighted by molar-refractivity contribution is -0.159. The number of fused-ring (bicyclic) bond motifs is 1. The maximum Gasteiger partial charge on any atom is 0.312 e. The zero-order valence-corrected chi connectivity index (χ0v) is 23.7. The fraction of sp³-hybridized carbons (Fsp3) is 0.548. The molecule has 3 amide bonds. The Morgan fingerprint density at radius 1 is 1.27 bits per heavy atom.